The van der Waals surface area contributed by atoms with Crippen molar-refractivity contribution in [3.05, 3.63) is 22.4 Å². The third-order valence-corrected chi connectivity index (χ3v) is 2.76. The fraction of sp³-hybridized carbons (Fsp3) is 0.400. The van der Waals surface area contributed by atoms with Gasteiger partial charge in [-0.15, -0.1) is 11.3 Å². The highest BCUT2D eigenvalue weighted by Gasteiger charge is 2.19. The SMILES string of the molecule is COCC(NC(=O)Cc1cccs1)C(=O)O. The van der Waals surface area contributed by atoms with Crippen LogP contribution in [0.2, 0.25) is 0 Å². The molecule has 1 atom stereocenters. The van der Waals surface area contributed by atoms with Gasteiger partial charge in [0.05, 0.1) is 13.0 Å². The van der Waals surface area contributed by atoms with Crippen LogP contribution in [-0.2, 0) is 20.7 Å². The van der Waals surface area contributed by atoms with Gasteiger partial charge in [-0.3, -0.25) is 4.79 Å². The van der Waals surface area contributed by atoms with E-state index in [1.807, 2.05) is 17.5 Å². The largest absolute Gasteiger partial charge is 0.480 e. The van der Waals surface area contributed by atoms with Crippen molar-refractivity contribution >= 4 is 23.2 Å². The summed E-state index contributed by atoms with van der Waals surface area (Å²) < 4.78 is 4.71. The van der Waals surface area contributed by atoms with Crippen molar-refractivity contribution < 1.29 is 19.4 Å². The van der Waals surface area contributed by atoms with Crippen LogP contribution >= 0.6 is 11.3 Å². The molecule has 1 heterocycles. The third-order valence-electron chi connectivity index (χ3n) is 1.88. The molecular formula is C10H13NO4S. The maximum atomic E-state index is 11.5. The molecule has 0 radical (unpaired) electrons. The molecule has 1 unspecified atom stereocenters. The van der Waals surface area contributed by atoms with Crippen molar-refractivity contribution in [3.63, 3.8) is 0 Å². The first-order valence-corrected chi connectivity index (χ1v) is 5.55. The Bertz CT molecular complexity index is 350. The Balaban J connectivity index is 2.45. The Morgan fingerprint density at radius 1 is 1.62 bits per heavy atom. The Hall–Kier alpha value is -1.40. The van der Waals surface area contributed by atoms with Gasteiger partial charge < -0.3 is 15.2 Å². The first-order chi connectivity index (χ1) is 7.63. The zero-order chi connectivity index (χ0) is 12.0. The van der Waals surface area contributed by atoms with Crippen molar-refractivity contribution in [1.82, 2.24) is 5.32 Å². The quantitative estimate of drug-likeness (QED) is 0.763. The summed E-state index contributed by atoms with van der Waals surface area (Å²) in [5, 5.41) is 13.1. The highest BCUT2D eigenvalue weighted by Crippen LogP contribution is 2.08. The molecule has 0 bridgehead atoms. The van der Waals surface area contributed by atoms with Gasteiger partial charge >= 0.3 is 5.97 Å². The van der Waals surface area contributed by atoms with E-state index in [0.29, 0.717) is 0 Å². The molecule has 0 saturated heterocycles. The van der Waals surface area contributed by atoms with E-state index in [0.717, 1.165) is 4.88 Å². The second-order valence-corrected chi connectivity index (χ2v) is 4.20. The maximum Gasteiger partial charge on any atom is 0.328 e. The lowest BCUT2D eigenvalue weighted by Crippen LogP contribution is -2.44. The standard InChI is InChI=1S/C10H13NO4S/c1-15-6-8(10(13)14)11-9(12)5-7-3-2-4-16-7/h2-4,8H,5-6H2,1H3,(H,11,12)(H,13,14). The fourth-order valence-corrected chi connectivity index (χ4v) is 1.86. The number of carboxylic acids is 1. The topological polar surface area (TPSA) is 75.6 Å². The van der Waals surface area contributed by atoms with Gasteiger partial charge in [0, 0.05) is 12.0 Å². The van der Waals surface area contributed by atoms with Crippen LogP contribution in [0.3, 0.4) is 0 Å². The smallest absolute Gasteiger partial charge is 0.328 e. The van der Waals surface area contributed by atoms with E-state index in [-0.39, 0.29) is 18.9 Å². The van der Waals surface area contributed by atoms with Gasteiger partial charge in [0.25, 0.3) is 0 Å². The van der Waals surface area contributed by atoms with E-state index >= 15 is 0 Å². The van der Waals surface area contributed by atoms with E-state index in [9.17, 15) is 9.59 Å². The summed E-state index contributed by atoms with van der Waals surface area (Å²) in [6.45, 7) is -0.0362. The number of carboxylic acid groups (broad SMARTS) is 1. The minimum Gasteiger partial charge on any atom is -0.480 e. The third kappa shape index (κ3) is 4.00. The minimum absolute atomic E-state index is 0.0362. The number of amides is 1. The molecular weight excluding hydrogens is 230 g/mol. The molecule has 5 nitrogen and oxygen atoms in total. The van der Waals surface area contributed by atoms with Crippen molar-refractivity contribution in [3.8, 4) is 0 Å². The van der Waals surface area contributed by atoms with Crippen LogP contribution in [-0.4, -0.2) is 36.7 Å². The molecule has 0 fully saturated rings. The predicted octanol–water partition coefficient (Wildman–Crippen LogP) is 0.506. The van der Waals surface area contributed by atoms with Crippen LogP contribution in [0.1, 0.15) is 4.88 Å². The highest BCUT2D eigenvalue weighted by atomic mass is 32.1. The molecule has 0 aromatic carbocycles. The van der Waals surface area contributed by atoms with Crippen LogP contribution in [0.15, 0.2) is 17.5 Å². The number of ether oxygens (including phenoxy) is 1. The van der Waals surface area contributed by atoms with Gasteiger partial charge in [0.1, 0.15) is 0 Å². The summed E-state index contributed by atoms with van der Waals surface area (Å²) >= 11 is 1.46. The Morgan fingerprint density at radius 2 is 2.38 bits per heavy atom. The number of rotatable bonds is 6. The Kier molecular flexibility index (Phi) is 4.94. The molecule has 0 aliphatic carbocycles. The summed E-state index contributed by atoms with van der Waals surface area (Å²) in [6, 6.07) is 2.69. The second kappa shape index (κ2) is 6.24. The van der Waals surface area contributed by atoms with Gasteiger partial charge in [0.15, 0.2) is 6.04 Å². The molecule has 1 rings (SSSR count). The minimum atomic E-state index is -1.10. The maximum absolute atomic E-state index is 11.5. The predicted molar refractivity (Wildman–Crippen MR) is 59.5 cm³/mol. The first-order valence-electron chi connectivity index (χ1n) is 4.67. The van der Waals surface area contributed by atoms with Crippen molar-refractivity contribution in [2.75, 3.05) is 13.7 Å². The number of aliphatic carboxylic acids is 1. The lowest BCUT2D eigenvalue weighted by Gasteiger charge is -2.12. The number of thiophene rings is 1. The zero-order valence-electron chi connectivity index (χ0n) is 8.80. The zero-order valence-corrected chi connectivity index (χ0v) is 9.62. The van der Waals surface area contributed by atoms with Crippen LogP contribution in [0.4, 0.5) is 0 Å². The number of methoxy groups -OCH3 is 1. The first kappa shape index (κ1) is 12.7. The van der Waals surface area contributed by atoms with Gasteiger partial charge in [-0.1, -0.05) is 6.07 Å². The molecule has 16 heavy (non-hydrogen) atoms. The van der Waals surface area contributed by atoms with Crippen LogP contribution < -0.4 is 5.32 Å². The molecule has 0 aliphatic rings. The van der Waals surface area contributed by atoms with Gasteiger partial charge in [-0.2, -0.15) is 0 Å². The molecule has 0 spiro atoms. The normalized spacial score (nSPS) is 12.1. The van der Waals surface area contributed by atoms with Crippen LogP contribution in [0, 0.1) is 0 Å². The molecule has 1 aromatic rings. The van der Waals surface area contributed by atoms with Crippen LogP contribution in [0.5, 0.6) is 0 Å². The summed E-state index contributed by atoms with van der Waals surface area (Å²) in [5.74, 6) is -1.41. The number of hydrogen-bond donors (Lipinski definition) is 2. The Labute approximate surface area is 97.0 Å². The second-order valence-electron chi connectivity index (χ2n) is 3.17. The number of nitrogens with one attached hydrogen (secondary N) is 1. The summed E-state index contributed by atoms with van der Waals surface area (Å²) in [4.78, 5) is 23.1. The molecule has 88 valence electrons. The van der Waals surface area contributed by atoms with Gasteiger partial charge in [-0.25, -0.2) is 4.79 Å². The molecule has 6 heteroatoms. The molecule has 0 aliphatic heterocycles. The highest BCUT2D eigenvalue weighted by molar-refractivity contribution is 7.10. The van der Waals surface area contributed by atoms with E-state index in [1.54, 1.807) is 0 Å². The lowest BCUT2D eigenvalue weighted by molar-refractivity contribution is -0.143. The molecule has 1 aromatic heterocycles. The summed E-state index contributed by atoms with van der Waals surface area (Å²) in [7, 11) is 1.39. The van der Waals surface area contributed by atoms with Crippen molar-refractivity contribution in [2.24, 2.45) is 0 Å². The number of carbonyl (C=O) groups is 2. The van der Waals surface area contributed by atoms with Crippen molar-refractivity contribution in [2.45, 2.75) is 12.5 Å². The van der Waals surface area contributed by atoms with Gasteiger partial charge in [0.2, 0.25) is 5.91 Å². The average molecular weight is 243 g/mol. The summed E-state index contributed by atoms with van der Waals surface area (Å²) in [5.41, 5.74) is 0. The lowest BCUT2D eigenvalue weighted by atomic mass is 10.2. The van der Waals surface area contributed by atoms with Gasteiger partial charge in [-0.05, 0) is 11.4 Å². The van der Waals surface area contributed by atoms with Crippen molar-refractivity contribution in [1.29, 1.82) is 0 Å². The summed E-state index contributed by atoms with van der Waals surface area (Å²) in [6.07, 6.45) is 0.200. The van der Waals surface area contributed by atoms with E-state index in [4.69, 9.17) is 9.84 Å². The monoisotopic (exact) mass is 243 g/mol. The number of carbonyl (C=O) groups excluding carboxylic acids is 1. The van der Waals surface area contributed by atoms with E-state index in [2.05, 4.69) is 5.32 Å². The molecule has 0 saturated carbocycles. The molecule has 2 N–H and O–H groups in total. The average Bonchev–Trinajstić information content (AvgIpc) is 2.69. The van der Waals surface area contributed by atoms with Crippen LogP contribution in [0.25, 0.3) is 0 Å². The van der Waals surface area contributed by atoms with E-state index < -0.39 is 12.0 Å². The Morgan fingerprint density at radius 3 is 2.88 bits per heavy atom. The molecule has 1 amide bonds. The fourth-order valence-electron chi connectivity index (χ4n) is 1.16. The van der Waals surface area contributed by atoms with E-state index in [1.165, 1.54) is 18.4 Å². The number of hydrogen-bond acceptors (Lipinski definition) is 4.